The molecular weight excluding hydrogens is 240 g/mol. The number of hydrogen-bond donors (Lipinski definition) is 3. The predicted octanol–water partition coefficient (Wildman–Crippen LogP) is 1.78. The third-order valence-electron chi connectivity index (χ3n) is 3.15. The fourth-order valence-electron chi connectivity index (χ4n) is 2.13. The maximum atomic E-state index is 11.9. The minimum absolute atomic E-state index is 0.0730. The summed E-state index contributed by atoms with van der Waals surface area (Å²) in [7, 11) is 0. The Bertz CT molecular complexity index is 592. The van der Waals surface area contributed by atoms with Crippen LogP contribution in [0, 0.1) is 0 Å². The van der Waals surface area contributed by atoms with E-state index >= 15 is 0 Å². The highest BCUT2D eigenvalue weighted by molar-refractivity contribution is 5.78. The van der Waals surface area contributed by atoms with Gasteiger partial charge in [0, 0.05) is 24.2 Å². The molecule has 4 nitrogen and oxygen atoms in total. The lowest BCUT2D eigenvalue weighted by Crippen LogP contribution is -2.28. The molecule has 0 radical (unpaired) electrons. The van der Waals surface area contributed by atoms with Crippen molar-refractivity contribution in [1.82, 2.24) is 10.3 Å². The Kier molecular flexibility index (Phi) is 4.71. The highest BCUT2D eigenvalue weighted by atomic mass is 16.3. The second kappa shape index (κ2) is 6.50. The van der Waals surface area contributed by atoms with Crippen molar-refractivity contribution in [3.05, 3.63) is 46.2 Å². The van der Waals surface area contributed by atoms with Gasteiger partial charge in [-0.1, -0.05) is 31.5 Å². The Hall–Kier alpha value is -1.65. The van der Waals surface area contributed by atoms with E-state index in [0.717, 1.165) is 23.7 Å². The lowest BCUT2D eigenvalue weighted by atomic mass is 10.1. The van der Waals surface area contributed by atoms with Gasteiger partial charge in [0.15, 0.2) is 0 Å². The maximum Gasteiger partial charge on any atom is 0.252 e. The Morgan fingerprint density at radius 3 is 2.95 bits per heavy atom. The summed E-state index contributed by atoms with van der Waals surface area (Å²) in [6.07, 6.45) is 1.39. The topological polar surface area (TPSA) is 65.1 Å². The Labute approximate surface area is 112 Å². The van der Waals surface area contributed by atoms with Crippen molar-refractivity contribution in [1.29, 1.82) is 0 Å². The molecule has 0 aliphatic heterocycles. The second-order valence-electron chi connectivity index (χ2n) is 4.78. The number of aliphatic hydroxyl groups is 1. The first kappa shape index (κ1) is 13.8. The summed E-state index contributed by atoms with van der Waals surface area (Å²) < 4.78 is 0. The van der Waals surface area contributed by atoms with Crippen molar-refractivity contribution < 1.29 is 5.11 Å². The molecule has 0 fully saturated rings. The average molecular weight is 260 g/mol. The molecule has 4 heteroatoms. The van der Waals surface area contributed by atoms with Gasteiger partial charge in [-0.15, -0.1) is 0 Å². The fraction of sp³-hybridized carbons (Fsp3) is 0.400. The van der Waals surface area contributed by atoms with E-state index in [4.69, 9.17) is 0 Å². The van der Waals surface area contributed by atoms with Crippen LogP contribution in [-0.2, 0) is 6.54 Å². The van der Waals surface area contributed by atoms with Gasteiger partial charge in [0.2, 0.25) is 0 Å². The number of aromatic nitrogens is 1. The zero-order chi connectivity index (χ0) is 13.7. The zero-order valence-corrected chi connectivity index (χ0v) is 11.1. The minimum atomic E-state index is -0.343. The van der Waals surface area contributed by atoms with Gasteiger partial charge >= 0.3 is 0 Å². The van der Waals surface area contributed by atoms with Crippen LogP contribution in [0.25, 0.3) is 10.9 Å². The van der Waals surface area contributed by atoms with Crippen LogP contribution in [0.4, 0.5) is 0 Å². The van der Waals surface area contributed by atoms with Crippen molar-refractivity contribution in [3.8, 4) is 0 Å². The summed E-state index contributed by atoms with van der Waals surface area (Å²) in [6.45, 7) is 3.03. The number of rotatable bonds is 6. The van der Waals surface area contributed by atoms with E-state index in [1.165, 1.54) is 0 Å². The lowest BCUT2D eigenvalue weighted by molar-refractivity contribution is 0.160. The van der Waals surface area contributed by atoms with Gasteiger partial charge in [-0.05, 0) is 23.9 Å². The van der Waals surface area contributed by atoms with Gasteiger partial charge in [0.25, 0.3) is 5.56 Å². The minimum Gasteiger partial charge on any atom is -0.392 e. The van der Waals surface area contributed by atoms with E-state index in [1.54, 1.807) is 0 Å². The molecule has 0 bridgehead atoms. The summed E-state index contributed by atoms with van der Waals surface area (Å²) in [6, 6.07) is 9.60. The molecule has 3 N–H and O–H groups in total. The number of pyridine rings is 1. The highest BCUT2D eigenvalue weighted by Gasteiger charge is 2.05. The highest BCUT2D eigenvalue weighted by Crippen LogP contribution is 2.09. The normalized spacial score (nSPS) is 12.7. The first-order valence-electron chi connectivity index (χ1n) is 6.70. The molecule has 1 heterocycles. The largest absolute Gasteiger partial charge is 0.392 e. The smallest absolute Gasteiger partial charge is 0.252 e. The fourth-order valence-corrected chi connectivity index (χ4v) is 2.13. The van der Waals surface area contributed by atoms with Crippen LogP contribution >= 0.6 is 0 Å². The van der Waals surface area contributed by atoms with Crippen molar-refractivity contribution in [2.75, 3.05) is 6.54 Å². The van der Waals surface area contributed by atoms with E-state index in [-0.39, 0.29) is 11.7 Å². The van der Waals surface area contributed by atoms with Crippen molar-refractivity contribution in [3.63, 3.8) is 0 Å². The van der Waals surface area contributed by atoms with Crippen LogP contribution in [0.15, 0.2) is 35.1 Å². The molecule has 0 aliphatic rings. The average Bonchev–Trinajstić information content (AvgIpc) is 2.39. The Balaban J connectivity index is 2.04. The molecule has 0 saturated heterocycles. The summed E-state index contributed by atoms with van der Waals surface area (Å²) in [4.78, 5) is 14.7. The number of aliphatic hydroxyl groups excluding tert-OH is 1. The quantitative estimate of drug-likeness (QED) is 0.741. The molecule has 2 rings (SSSR count). The monoisotopic (exact) mass is 260 g/mol. The van der Waals surface area contributed by atoms with Crippen LogP contribution in [-0.4, -0.2) is 22.7 Å². The molecule has 2 aromatic rings. The van der Waals surface area contributed by atoms with Gasteiger partial charge < -0.3 is 15.4 Å². The van der Waals surface area contributed by atoms with E-state index in [9.17, 15) is 9.90 Å². The van der Waals surface area contributed by atoms with E-state index < -0.39 is 0 Å². The molecule has 0 spiro atoms. The van der Waals surface area contributed by atoms with Crippen molar-refractivity contribution >= 4 is 10.9 Å². The van der Waals surface area contributed by atoms with Crippen LogP contribution in [0.2, 0.25) is 0 Å². The van der Waals surface area contributed by atoms with Crippen LogP contribution in [0.3, 0.4) is 0 Å². The number of aromatic amines is 1. The third kappa shape index (κ3) is 3.66. The first-order valence-corrected chi connectivity index (χ1v) is 6.70. The van der Waals surface area contributed by atoms with Crippen LogP contribution in [0.1, 0.15) is 25.3 Å². The molecule has 19 heavy (non-hydrogen) atoms. The molecule has 1 aromatic heterocycles. The Morgan fingerprint density at radius 1 is 1.37 bits per heavy atom. The molecule has 0 saturated carbocycles. The SMILES string of the molecule is CCCC(O)CNCc1cc2ccccc2[nH]c1=O. The summed E-state index contributed by atoms with van der Waals surface area (Å²) in [5, 5.41) is 13.8. The summed E-state index contributed by atoms with van der Waals surface area (Å²) in [5.41, 5.74) is 1.47. The molecule has 0 amide bonds. The van der Waals surface area contributed by atoms with Gasteiger partial charge in [-0.25, -0.2) is 0 Å². The maximum absolute atomic E-state index is 11.9. The lowest BCUT2D eigenvalue weighted by Gasteiger charge is -2.10. The number of H-pyrrole nitrogens is 1. The number of nitrogens with one attached hydrogen (secondary N) is 2. The van der Waals surface area contributed by atoms with Gasteiger partial charge in [-0.2, -0.15) is 0 Å². The van der Waals surface area contributed by atoms with Gasteiger partial charge in [-0.3, -0.25) is 4.79 Å². The summed E-state index contributed by atoms with van der Waals surface area (Å²) >= 11 is 0. The van der Waals surface area contributed by atoms with E-state index in [1.807, 2.05) is 37.3 Å². The standard InChI is InChI=1S/C15H20N2O2/c1-2-5-13(18)10-16-9-12-8-11-6-3-4-7-14(11)17-15(12)19/h3-4,6-8,13,16,18H,2,5,9-10H2,1H3,(H,17,19). The molecule has 1 unspecified atom stereocenters. The summed E-state index contributed by atoms with van der Waals surface area (Å²) in [5.74, 6) is 0. The third-order valence-corrected chi connectivity index (χ3v) is 3.15. The number of hydrogen-bond acceptors (Lipinski definition) is 3. The molecular formula is C15H20N2O2. The molecule has 1 aromatic carbocycles. The van der Waals surface area contributed by atoms with Crippen molar-refractivity contribution in [2.24, 2.45) is 0 Å². The predicted molar refractivity (Wildman–Crippen MR) is 77.2 cm³/mol. The molecule has 0 aliphatic carbocycles. The van der Waals surface area contributed by atoms with Crippen LogP contribution < -0.4 is 10.9 Å². The van der Waals surface area contributed by atoms with E-state index in [0.29, 0.717) is 18.7 Å². The number of para-hydroxylation sites is 1. The molecule has 102 valence electrons. The number of benzene rings is 1. The molecule has 1 atom stereocenters. The van der Waals surface area contributed by atoms with Crippen molar-refractivity contribution in [2.45, 2.75) is 32.4 Å². The Morgan fingerprint density at radius 2 is 2.16 bits per heavy atom. The number of fused-ring (bicyclic) bond motifs is 1. The van der Waals surface area contributed by atoms with Gasteiger partial charge in [0.05, 0.1) is 6.10 Å². The second-order valence-corrected chi connectivity index (χ2v) is 4.78. The zero-order valence-electron chi connectivity index (χ0n) is 11.1. The van der Waals surface area contributed by atoms with E-state index in [2.05, 4.69) is 10.3 Å². The first-order chi connectivity index (χ1) is 9.20. The van der Waals surface area contributed by atoms with Gasteiger partial charge in [0.1, 0.15) is 0 Å². The van der Waals surface area contributed by atoms with Crippen LogP contribution in [0.5, 0.6) is 0 Å².